The summed E-state index contributed by atoms with van der Waals surface area (Å²) in [6, 6.07) is 22.5. The summed E-state index contributed by atoms with van der Waals surface area (Å²) in [5, 5.41) is 0. The van der Waals surface area contributed by atoms with Gasteiger partial charge in [0.2, 0.25) is 11.8 Å². The second-order valence-corrected chi connectivity index (χ2v) is 14.6. The number of unbranched alkanes of at least 4 members (excludes halogenated alkanes) is 4. The van der Waals surface area contributed by atoms with E-state index in [1.165, 1.54) is 32.6 Å². The maximum atomic E-state index is 13.4. The predicted molar refractivity (Wildman–Crippen MR) is 198 cm³/mol. The minimum absolute atomic E-state index is 0.114. The highest BCUT2D eigenvalue weighted by atomic mass is 19.4. The highest BCUT2D eigenvalue weighted by Gasteiger charge is 2.49. The lowest BCUT2D eigenvalue weighted by atomic mass is 9.64. The van der Waals surface area contributed by atoms with Crippen molar-refractivity contribution in [3.05, 3.63) is 89.6 Å². The maximum Gasteiger partial charge on any atom is 0.574 e. The standard InChI is InChI=1S/C41H56F3N5O3/c1-31(2)49(35-21-27-48(28-22-35)30-36-37(51-3)19-23-46-38(36)52-41(42,43)44)25-14-6-4-5-13-24-47-26-20-34(29-47)40(39(45)50,32-15-9-7-10-16-32)33-17-11-8-12-18-33/h7-12,15-19,23,31,34-35H,4-6,13-14,20-22,24-30H2,1-3H3,(H2,45,50)/t34-/m1/s1. The highest BCUT2D eigenvalue weighted by molar-refractivity contribution is 5.91. The topological polar surface area (TPSA) is 84.2 Å². The molecule has 0 unspecified atom stereocenters. The third kappa shape index (κ3) is 9.85. The Morgan fingerprint density at radius 1 is 0.885 bits per heavy atom. The summed E-state index contributed by atoms with van der Waals surface area (Å²) in [5.74, 6) is -0.265. The second kappa shape index (κ2) is 18.4. The molecule has 0 saturated carbocycles. The largest absolute Gasteiger partial charge is 0.574 e. The second-order valence-electron chi connectivity index (χ2n) is 14.6. The van der Waals surface area contributed by atoms with Crippen LogP contribution in [0.25, 0.3) is 0 Å². The third-order valence-electron chi connectivity index (χ3n) is 11.1. The van der Waals surface area contributed by atoms with Crippen molar-refractivity contribution >= 4 is 5.91 Å². The van der Waals surface area contributed by atoms with E-state index >= 15 is 0 Å². The van der Waals surface area contributed by atoms with Crippen molar-refractivity contribution in [3.63, 3.8) is 0 Å². The summed E-state index contributed by atoms with van der Waals surface area (Å²) in [4.78, 5) is 24.5. The number of nitrogens with two attached hydrogens (primary N) is 1. The number of rotatable bonds is 18. The number of amides is 1. The first-order valence-corrected chi connectivity index (χ1v) is 18.9. The van der Waals surface area contributed by atoms with Crippen LogP contribution in [-0.2, 0) is 16.8 Å². The van der Waals surface area contributed by atoms with Crippen LogP contribution >= 0.6 is 0 Å². The molecular weight excluding hydrogens is 667 g/mol. The Hall–Kier alpha value is -3.67. The van der Waals surface area contributed by atoms with Crippen molar-refractivity contribution in [2.45, 2.75) is 95.6 Å². The number of benzene rings is 2. The van der Waals surface area contributed by atoms with Crippen LogP contribution in [0.3, 0.4) is 0 Å². The lowest BCUT2D eigenvalue weighted by molar-refractivity contribution is -0.276. The molecule has 11 heteroatoms. The smallest absolute Gasteiger partial charge is 0.496 e. The van der Waals surface area contributed by atoms with E-state index in [0.29, 0.717) is 29.9 Å². The van der Waals surface area contributed by atoms with Gasteiger partial charge in [-0.25, -0.2) is 4.98 Å². The number of halogens is 3. The number of carbonyl (C=O) groups excluding carboxylic acids is 1. The van der Waals surface area contributed by atoms with Crippen molar-refractivity contribution in [3.8, 4) is 11.6 Å². The lowest BCUT2D eigenvalue weighted by Gasteiger charge is -2.41. The highest BCUT2D eigenvalue weighted by Crippen LogP contribution is 2.43. The van der Waals surface area contributed by atoms with Gasteiger partial charge in [-0.15, -0.1) is 13.2 Å². The molecule has 2 aliphatic heterocycles. The zero-order valence-corrected chi connectivity index (χ0v) is 31.0. The number of carbonyl (C=O) groups is 1. The first-order valence-electron chi connectivity index (χ1n) is 18.9. The van der Waals surface area contributed by atoms with Gasteiger partial charge in [-0.2, -0.15) is 0 Å². The van der Waals surface area contributed by atoms with Gasteiger partial charge in [0.05, 0.1) is 12.7 Å². The summed E-state index contributed by atoms with van der Waals surface area (Å²) in [5.41, 5.74) is 7.70. The van der Waals surface area contributed by atoms with Crippen LogP contribution in [0, 0.1) is 5.92 Å². The van der Waals surface area contributed by atoms with E-state index in [1.54, 1.807) is 6.07 Å². The van der Waals surface area contributed by atoms with Gasteiger partial charge < -0.3 is 20.1 Å². The van der Waals surface area contributed by atoms with Gasteiger partial charge in [0, 0.05) is 31.4 Å². The SMILES string of the molecule is COc1ccnc(OC(F)(F)F)c1CN1CCC(N(CCCCCCCN2CC[C@@H](C(C(N)=O)(c3ccccc3)c3ccccc3)C2)C(C)C)CC1. The lowest BCUT2D eigenvalue weighted by Crippen LogP contribution is -2.49. The van der Waals surface area contributed by atoms with Crippen LogP contribution < -0.4 is 15.2 Å². The van der Waals surface area contributed by atoms with Crippen LogP contribution in [0.4, 0.5) is 13.2 Å². The molecule has 1 atom stereocenters. The first kappa shape index (κ1) is 39.5. The maximum absolute atomic E-state index is 13.4. The molecule has 0 spiro atoms. The first-order chi connectivity index (χ1) is 25.0. The Morgan fingerprint density at radius 3 is 2.06 bits per heavy atom. The molecule has 2 fully saturated rings. The molecule has 2 aromatic carbocycles. The van der Waals surface area contributed by atoms with Gasteiger partial charge in [0.1, 0.15) is 11.2 Å². The number of piperidine rings is 1. The van der Waals surface area contributed by atoms with E-state index in [1.807, 2.05) is 60.7 Å². The van der Waals surface area contributed by atoms with Gasteiger partial charge in [-0.3, -0.25) is 14.6 Å². The Balaban J connectivity index is 1.04. The fourth-order valence-corrected chi connectivity index (χ4v) is 8.56. The number of alkyl halides is 3. The number of aromatic nitrogens is 1. The van der Waals surface area contributed by atoms with Crippen molar-refractivity contribution < 1.29 is 27.4 Å². The number of pyridine rings is 1. The number of primary amides is 1. The van der Waals surface area contributed by atoms with Gasteiger partial charge in [0.25, 0.3) is 0 Å². The number of hydrogen-bond acceptors (Lipinski definition) is 7. The molecule has 5 rings (SSSR count). The van der Waals surface area contributed by atoms with E-state index in [4.69, 9.17) is 10.5 Å². The van der Waals surface area contributed by atoms with E-state index < -0.39 is 17.7 Å². The van der Waals surface area contributed by atoms with Crippen LogP contribution in [0.15, 0.2) is 72.9 Å². The van der Waals surface area contributed by atoms with Crippen molar-refractivity contribution in [2.24, 2.45) is 11.7 Å². The fourth-order valence-electron chi connectivity index (χ4n) is 8.56. The van der Waals surface area contributed by atoms with Crippen molar-refractivity contribution in [1.29, 1.82) is 0 Å². The van der Waals surface area contributed by atoms with Gasteiger partial charge in [-0.05, 0) is 102 Å². The molecule has 3 aromatic rings. The average molecular weight is 724 g/mol. The Bertz CT molecular complexity index is 1490. The number of ether oxygens (including phenoxy) is 2. The van der Waals surface area contributed by atoms with E-state index in [0.717, 1.165) is 82.5 Å². The van der Waals surface area contributed by atoms with E-state index in [9.17, 15) is 18.0 Å². The van der Waals surface area contributed by atoms with Gasteiger partial charge >= 0.3 is 6.36 Å². The molecule has 8 nitrogen and oxygen atoms in total. The molecule has 284 valence electrons. The Labute approximate surface area is 307 Å². The number of nitrogens with zero attached hydrogens (tertiary/aromatic N) is 4. The number of likely N-dealkylation sites (tertiary alicyclic amines) is 2. The van der Waals surface area contributed by atoms with Crippen molar-refractivity contribution in [2.75, 3.05) is 46.4 Å². The molecule has 2 N–H and O–H groups in total. The molecular formula is C41H56F3N5O3. The summed E-state index contributed by atoms with van der Waals surface area (Å²) in [6.45, 7) is 10.3. The molecule has 2 aliphatic rings. The zero-order chi connectivity index (χ0) is 37.1. The molecule has 0 aliphatic carbocycles. The Morgan fingerprint density at radius 2 is 1.48 bits per heavy atom. The summed E-state index contributed by atoms with van der Waals surface area (Å²) < 4.78 is 48.7. The van der Waals surface area contributed by atoms with Crippen LogP contribution in [0.2, 0.25) is 0 Å². The summed E-state index contributed by atoms with van der Waals surface area (Å²) >= 11 is 0. The molecule has 52 heavy (non-hydrogen) atoms. The minimum Gasteiger partial charge on any atom is -0.496 e. The molecule has 2 saturated heterocycles. The average Bonchev–Trinajstić information content (AvgIpc) is 3.60. The molecule has 1 amide bonds. The van der Waals surface area contributed by atoms with E-state index in [-0.39, 0.29) is 11.8 Å². The molecule has 1 aromatic heterocycles. The predicted octanol–water partition coefficient (Wildman–Crippen LogP) is 7.41. The summed E-state index contributed by atoms with van der Waals surface area (Å²) in [6.07, 6.45) is 5.13. The number of hydrogen-bond donors (Lipinski definition) is 1. The quantitative estimate of drug-likeness (QED) is 0.137. The normalized spacial score (nSPS) is 18.0. The molecule has 0 radical (unpaired) electrons. The monoisotopic (exact) mass is 723 g/mol. The van der Waals surface area contributed by atoms with Gasteiger partial charge in [-0.1, -0.05) is 79.9 Å². The third-order valence-corrected chi connectivity index (χ3v) is 11.1. The van der Waals surface area contributed by atoms with E-state index in [2.05, 4.69) is 38.3 Å². The number of methoxy groups -OCH3 is 1. The molecule has 0 bridgehead atoms. The zero-order valence-electron chi connectivity index (χ0n) is 31.0. The van der Waals surface area contributed by atoms with Crippen LogP contribution in [0.1, 0.15) is 81.9 Å². The molecule has 3 heterocycles. The van der Waals surface area contributed by atoms with Crippen LogP contribution in [0.5, 0.6) is 11.6 Å². The Kier molecular flexibility index (Phi) is 14.0. The van der Waals surface area contributed by atoms with Crippen molar-refractivity contribution in [1.82, 2.24) is 19.7 Å². The minimum atomic E-state index is -4.82. The van der Waals surface area contributed by atoms with Crippen LogP contribution in [-0.4, -0.2) is 90.4 Å². The van der Waals surface area contributed by atoms with Gasteiger partial charge in [0.15, 0.2) is 0 Å². The fraction of sp³-hybridized carbons (Fsp3) is 0.561. The summed E-state index contributed by atoms with van der Waals surface area (Å²) in [7, 11) is 1.45.